The van der Waals surface area contributed by atoms with Crippen molar-refractivity contribution in [3.63, 3.8) is 0 Å². The normalized spacial score (nSPS) is 21.3. The van der Waals surface area contributed by atoms with Crippen molar-refractivity contribution in [1.82, 2.24) is 14.9 Å². The summed E-state index contributed by atoms with van der Waals surface area (Å²) in [6.07, 6.45) is 5.95. The fourth-order valence-electron chi connectivity index (χ4n) is 3.48. The van der Waals surface area contributed by atoms with Crippen molar-refractivity contribution in [3.8, 4) is 5.13 Å². The van der Waals surface area contributed by atoms with Crippen LogP contribution in [0.5, 0.6) is 0 Å². The second-order valence-corrected chi connectivity index (χ2v) is 7.11. The Morgan fingerprint density at radius 3 is 2.91 bits per heavy atom. The predicted octanol–water partition coefficient (Wildman–Crippen LogP) is 2.83. The molecule has 1 fully saturated rings. The summed E-state index contributed by atoms with van der Waals surface area (Å²) in [7, 11) is 0. The third-order valence-corrected chi connectivity index (χ3v) is 5.50. The van der Waals surface area contributed by atoms with Gasteiger partial charge in [0.05, 0.1) is 5.56 Å². The van der Waals surface area contributed by atoms with E-state index in [4.69, 9.17) is 0 Å². The number of aliphatic hydroxyl groups excluding tert-OH is 1. The lowest BCUT2D eigenvalue weighted by Crippen LogP contribution is -2.43. The third kappa shape index (κ3) is 3.19. The maximum Gasteiger partial charge on any atom is 0.253 e. The molecule has 0 aliphatic heterocycles. The molecule has 2 atom stereocenters. The highest BCUT2D eigenvalue weighted by atomic mass is 32.1. The van der Waals surface area contributed by atoms with E-state index in [2.05, 4.69) is 10.3 Å². The highest BCUT2D eigenvalue weighted by Crippen LogP contribution is 2.26. The first kappa shape index (κ1) is 16.2. The zero-order valence-corrected chi connectivity index (χ0v) is 14.4. The average Bonchev–Trinajstić information content (AvgIpc) is 3.15. The van der Waals surface area contributed by atoms with Crippen LogP contribution in [0.1, 0.15) is 47.4 Å². The first-order chi connectivity index (χ1) is 11.1. The Hall–Kier alpha value is -1.66. The molecule has 1 aliphatic carbocycles. The van der Waals surface area contributed by atoms with Gasteiger partial charge < -0.3 is 10.4 Å². The van der Waals surface area contributed by atoms with Crippen LogP contribution < -0.4 is 5.32 Å². The van der Waals surface area contributed by atoms with Gasteiger partial charge in [-0.15, -0.1) is 11.3 Å². The number of nitrogens with zero attached hydrogens (tertiary/aromatic N) is 2. The van der Waals surface area contributed by atoms with Crippen molar-refractivity contribution in [2.45, 2.75) is 45.6 Å². The molecule has 2 heterocycles. The highest BCUT2D eigenvalue weighted by Gasteiger charge is 2.27. The van der Waals surface area contributed by atoms with Crippen LogP contribution >= 0.6 is 11.3 Å². The molecule has 3 rings (SSSR count). The van der Waals surface area contributed by atoms with E-state index >= 15 is 0 Å². The lowest BCUT2D eigenvalue weighted by Gasteiger charge is -2.30. The Morgan fingerprint density at radius 2 is 2.22 bits per heavy atom. The number of hydrogen-bond donors (Lipinski definition) is 2. The summed E-state index contributed by atoms with van der Waals surface area (Å²) in [5.74, 6) is 0.126. The Morgan fingerprint density at radius 1 is 1.43 bits per heavy atom. The van der Waals surface area contributed by atoms with E-state index in [1.165, 1.54) is 0 Å². The van der Waals surface area contributed by atoms with Crippen LogP contribution in [0, 0.1) is 19.8 Å². The van der Waals surface area contributed by atoms with Gasteiger partial charge in [0.2, 0.25) is 0 Å². The van der Waals surface area contributed by atoms with E-state index in [0.717, 1.165) is 42.2 Å². The molecule has 2 N–H and O–H groups in total. The van der Waals surface area contributed by atoms with Gasteiger partial charge in [0.25, 0.3) is 5.91 Å². The number of hydrogen-bond acceptors (Lipinski definition) is 4. The zero-order chi connectivity index (χ0) is 16.4. The van der Waals surface area contributed by atoms with Gasteiger partial charge in [-0.3, -0.25) is 9.36 Å². The molecular weight excluding hydrogens is 310 g/mol. The summed E-state index contributed by atoms with van der Waals surface area (Å²) in [6.45, 7) is 4.08. The van der Waals surface area contributed by atoms with Crippen LogP contribution in [-0.4, -0.2) is 33.2 Å². The van der Waals surface area contributed by atoms with Gasteiger partial charge in [-0.2, -0.15) is 0 Å². The standard InChI is InChI=1S/C17H23N3O2S/c1-11-9-14(12(2)20(11)17-18-7-8-23-17)16(22)19-15-6-4-3-5-13(15)10-21/h7-9,13,15,21H,3-6,10H2,1-2H3,(H,19,22). The van der Waals surface area contributed by atoms with Crippen molar-refractivity contribution in [2.24, 2.45) is 5.92 Å². The number of aromatic nitrogens is 2. The van der Waals surface area contributed by atoms with Crippen molar-refractivity contribution < 1.29 is 9.90 Å². The van der Waals surface area contributed by atoms with Crippen LogP contribution in [0.25, 0.3) is 5.13 Å². The van der Waals surface area contributed by atoms with Gasteiger partial charge in [-0.1, -0.05) is 12.8 Å². The minimum atomic E-state index is -0.0498. The van der Waals surface area contributed by atoms with Crippen molar-refractivity contribution in [2.75, 3.05) is 6.61 Å². The van der Waals surface area contributed by atoms with E-state index in [9.17, 15) is 9.90 Å². The van der Waals surface area contributed by atoms with E-state index in [0.29, 0.717) is 5.56 Å². The lowest BCUT2D eigenvalue weighted by molar-refractivity contribution is 0.0872. The van der Waals surface area contributed by atoms with Crippen LogP contribution in [0.3, 0.4) is 0 Å². The Balaban J connectivity index is 1.82. The number of carbonyl (C=O) groups is 1. The van der Waals surface area contributed by atoms with E-state index < -0.39 is 0 Å². The van der Waals surface area contributed by atoms with Gasteiger partial charge in [-0.05, 0) is 32.8 Å². The molecule has 2 aromatic rings. The molecule has 0 bridgehead atoms. The molecule has 23 heavy (non-hydrogen) atoms. The third-order valence-electron chi connectivity index (χ3n) is 4.75. The fourth-order valence-corrected chi connectivity index (χ4v) is 4.23. The number of nitrogens with one attached hydrogen (secondary N) is 1. The molecule has 0 spiro atoms. The zero-order valence-electron chi connectivity index (χ0n) is 13.6. The molecule has 0 saturated heterocycles. The highest BCUT2D eigenvalue weighted by molar-refractivity contribution is 7.12. The molecular formula is C17H23N3O2S. The maximum atomic E-state index is 12.7. The molecule has 1 amide bonds. The molecule has 6 heteroatoms. The number of thiazole rings is 1. The van der Waals surface area contributed by atoms with Crippen molar-refractivity contribution in [3.05, 3.63) is 34.6 Å². The van der Waals surface area contributed by atoms with E-state index in [1.54, 1.807) is 17.5 Å². The maximum absolute atomic E-state index is 12.7. The molecule has 1 saturated carbocycles. The quantitative estimate of drug-likeness (QED) is 0.904. The van der Waals surface area contributed by atoms with Gasteiger partial charge in [0.1, 0.15) is 0 Å². The summed E-state index contributed by atoms with van der Waals surface area (Å²) in [6, 6.07) is 1.99. The SMILES string of the molecule is Cc1cc(C(=O)NC2CCCCC2CO)c(C)n1-c1nccs1. The molecule has 0 radical (unpaired) electrons. The van der Waals surface area contributed by atoms with Crippen LogP contribution in [0.15, 0.2) is 17.6 Å². The molecule has 0 aromatic carbocycles. The number of carbonyl (C=O) groups excluding carboxylic acids is 1. The summed E-state index contributed by atoms with van der Waals surface area (Å²) >= 11 is 1.56. The monoisotopic (exact) mass is 333 g/mol. The molecule has 2 unspecified atom stereocenters. The van der Waals surface area contributed by atoms with Gasteiger partial charge >= 0.3 is 0 Å². The summed E-state index contributed by atoms with van der Waals surface area (Å²) in [4.78, 5) is 17.0. The molecule has 1 aliphatic rings. The van der Waals surface area contributed by atoms with Crippen LogP contribution in [-0.2, 0) is 0 Å². The number of rotatable bonds is 4. The second-order valence-electron chi connectivity index (χ2n) is 6.24. The van der Waals surface area contributed by atoms with Crippen molar-refractivity contribution in [1.29, 1.82) is 0 Å². The second kappa shape index (κ2) is 6.84. The van der Waals surface area contributed by atoms with E-state index in [1.807, 2.05) is 29.9 Å². The summed E-state index contributed by atoms with van der Waals surface area (Å²) < 4.78 is 2.02. The fraction of sp³-hybridized carbons (Fsp3) is 0.529. The molecule has 5 nitrogen and oxygen atoms in total. The molecule has 2 aromatic heterocycles. The Labute approximate surface area is 140 Å². The smallest absolute Gasteiger partial charge is 0.253 e. The first-order valence-electron chi connectivity index (χ1n) is 8.12. The Bertz CT molecular complexity index is 678. The first-order valence-corrected chi connectivity index (χ1v) is 9.00. The molecule has 124 valence electrons. The van der Waals surface area contributed by atoms with E-state index in [-0.39, 0.29) is 24.5 Å². The van der Waals surface area contributed by atoms with Gasteiger partial charge in [0, 0.05) is 41.5 Å². The Kier molecular flexibility index (Phi) is 4.82. The number of aryl methyl sites for hydroxylation is 1. The minimum absolute atomic E-state index is 0.0498. The topological polar surface area (TPSA) is 67.2 Å². The number of amides is 1. The minimum Gasteiger partial charge on any atom is -0.396 e. The van der Waals surface area contributed by atoms with Gasteiger partial charge in [0.15, 0.2) is 5.13 Å². The van der Waals surface area contributed by atoms with Crippen molar-refractivity contribution >= 4 is 17.2 Å². The van der Waals surface area contributed by atoms with Crippen LogP contribution in [0.4, 0.5) is 0 Å². The predicted molar refractivity (Wildman–Crippen MR) is 91.2 cm³/mol. The number of aliphatic hydroxyl groups is 1. The summed E-state index contributed by atoms with van der Waals surface area (Å²) in [5, 5.41) is 15.5. The van der Waals surface area contributed by atoms with Gasteiger partial charge in [-0.25, -0.2) is 4.98 Å². The lowest BCUT2D eigenvalue weighted by atomic mass is 9.85. The largest absolute Gasteiger partial charge is 0.396 e. The summed E-state index contributed by atoms with van der Waals surface area (Å²) in [5.41, 5.74) is 2.61. The van der Waals surface area contributed by atoms with Crippen LogP contribution in [0.2, 0.25) is 0 Å². The average molecular weight is 333 g/mol.